The van der Waals surface area contributed by atoms with Gasteiger partial charge in [-0.15, -0.1) is 0 Å². The van der Waals surface area contributed by atoms with Crippen LogP contribution in [0.15, 0.2) is 53.4 Å². The van der Waals surface area contributed by atoms with Crippen LogP contribution in [0.5, 0.6) is 5.75 Å². The van der Waals surface area contributed by atoms with Crippen LogP contribution >= 0.6 is 0 Å². The summed E-state index contributed by atoms with van der Waals surface area (Å²) in [5, 5.41) is 3.09. The molecular formula is C22H26N2O4S. The molecule has 1 N–H and O–H groups in total. The lowest BCUT2D eigenvalue weighted by atomic mass is 10.0. The zero-order valence-corrected chi connectivity index (χ0v) is 17.3. The van der Waals surface area contributed by atoms with Crippen LogP contribution in [0.4, 0.5) is 0 Å². The molecule has 2 aromatic rings. The number of nitrogens with zero attached hydrogens (tertiary/aromatic N) is 1. The lowest BCUT2D eigenvalue weighted by Gasteiger charge is -2.24. The maximum absolute atomic E-state index is 13.2. The van der Waals surface area contributed by atoms with E-state index in [9.17, 15) is 13.2 Å². The normalized spacial score (nSPS) is 21.1. The summed E-state index contributed by atoms with van der Waals surface area (Å²) in [6.07, 6.45) is 4.40. The maximum Gasteiger partial charge on any atom is 0.244 e. The second kappa shape index (κ2) is 8.16. The molecule has 1 amide bonds. The maximum atomic E-state index is 13.2. The Bertz CT molecular complexity index is 982. The highest BCUT2D eigenvalue weighted by Gasteiger charge is 2.43. The summed E-state index contributed by atoms with van der Waals surface area (Å²) < 4.78 is 33.1. The molecule has 1 saturated carbocycles. The van der Waals surface area contributed by atoms with Gasteiger partial charge in [-0.3, -0.25) is 4.79 Å². The third-order valence-corrected chi connectivity index (χ3v) is 7.74. The SMILES string of the molecule is COc1ccc(CN2[C@@H](CC(=O)NC3CCCC3)c3ccccc3S2(=O)=O)cc1. The second-order valence-corrected chi connectivity index (χ2v) is 9.56. The van der Waals surface area contributed by atoms with E-state index in [1.54, 1.807) is 19.2 Å². The Labute approximate surface area is 171 Å². The fourth-order valence-corrected chi connectivity index (χ4v) is 6.14. The van der Waals surface area contributed by atoms with E-state index in [4.69, 9.17) is 4.74 Å². The van der Waals surface area contributed by atoms with Gasteiger partial charge in [-0.1, -0.05) is 43.2 Å². The number of rotatable bonds is 6. The van der Waals surface area contributed by atoms with Crippen LogP contribution in [-0.4, -0.2) is 31.8 Å². The number of ether oxygens (including phenoxy) is 1. The zero-order chi connectivity index (χ0) is 20.4. The summed E-state index contributed by atoms with van der Waals surface area (Å²) in [6, 6.07) is 14.0. The Balaban J connectivity index is 1.60. The number of benzene rings is 2. The van der Waals surface area contributed by atoms with Crippen LogP contribution in [0.2, 0.25) is 0 Å². The average Bonchev–Trinajstić information content (AvgIpc) is 3.30. The molecule has 2 aromatic carbocycles. The van der Waals surface area contributed by atoms with Crippen LogP contribution in [-0.2, 0) is 21.4 Å². The van der Waals surface area contributed by atoms with Gasteiger partial charge in [-0.05, 0) is 42.2 Å². The number of amides is 1. The molecule has 1 aliphatic heterocycles. The van der Waals surface area contributed by atoms with Gasteiger partial charge in [-0.25, -0.2) is 8.42 Å². The minimum atomic E-state index is -3.66. The third-order valence-electron chi connectivity index (χ3n) is 5.81. The van der Waals surface area contributed by atoms with E-state index in [1.807, 2.05) is 36.4 Å². The Hall–Kier alpha value is -2.38. The highest BCUT2D eigenvalue weighted by Crippen LogP contribution is 2.42. The number of sulfonamides is 1. The Morgan fingerprint density at radius 1 is 1.10 bits per heavy atom. The molecule has 154 valence electrons. The predicted molar refractivity (Wildman–Crippen MR) is 110 cm³/mol. The predicted octanol–water partition coefficient (Wildman–Crippen LogP) is 3.39. The second-order valence-electron chi connectivity index (χ2n) is 7.70. The fourth-order valence-electron chi connectivity index (χ4n) is 4.29. The van der Waals surface area contributed by atoms with E-state index in [-0.39, 0.29) is 24.9 Å². The van der Waals surface area contributed by atoms with Crippen molar-refractivity contribution >= 4 is 15.9 Å². The fraction of sp³-hybridized carbons (Fsp3) is 0.409. The van der Waals surface area contributed by atoms with Crippen LogP contribution in [0.1, 0.15) is 49.3 Å². The van der Waals surface area contributed by atoms with Crippen molar-refractivity contribution in [3.8, 4) is 5.75 Å². The van der Waals surface area contributed by atoms with Crippen molar-refractivity contribution in [1.82, 2.24) is 9.62 Å². The van der Waals surface area contributed by atoms with Gasteiger partial charge in [0.15, 0.2) is 0 Å². The lowest BCUT2D eigenvalue weighted by Crippen LogP contribution is -2.36. The lowest BCUT2D eigenvalue weighted by molar-refractivity contribution is -0.122. The van der Waals surface area contributed by atoms with E-state index in [0.717, 1.165) is 31.2 Å². The molecule has 4 rings (SSSR count). The Kier molecular flexibility index (Phi) is 5.61. The van der Waals surface area contributed by atoms with Gasteiger partial charge in [0.25, 0.3) is 0 Å². The van der Waals surface area contributed by atoms with Crippen molar-refractivity contribution in [3.05, 3.63) is 59.7 Å². The van der Waals surface area contributed by atoms with Crippen molar-refractivity contribution in [3.63, 3.8) is 0 Å². The molecule has 0 radical (unpaired) electrons. The van der Waals surface area contributed by atoms with Gasteiger partial charge in [0.05, 0.1) is 18.0 Å². The number of hydrogen-bond donors (Lipinski definition) is 1. The molecule has 0 bridgehead atoms. The molecule has 1 atom stereocenters. The molecule has 0 unspecified atom stereocenters. The van der Waals surface area contributed by atoms with Gasteiger partial charge >= 0.3 is 0 Å². The summed E-state index contributed by atoms with van der Waals surface area (Å²) >= 11 is 0. The quantitative estimate of drug-likeness (QED) is 0.786. The summed E-state index contributed by atoms with van der Waals surface area (Å²) in [6.45, 7) is 0.211. The first-order valence-electron chi connectivity index (χ1n) is 10.0. The van der Waals surface area contributed by atoms with Crippen molar-refractivity contribution in [2.45, 2.75) is 55.6 Å². The van der Waals surface area contributed by atoms with Gasteiger partial charge in [0.1, 0.15) is 5.75 Å². The number of hydrogen-bond acceptors (Lipinski definition) is 4. The standard InChI is InChI=1S/C22H26N2O4S/c1-28-18-12-10-16(11-13-18)15-24-20(14-22(25)23-17-6-2-3-7-17)19-8-4-5-9-21(19)29(24,26)27/h4-5,8-13,17,20H,2-3,6-7,14-15H2,1H3,(H,23,25)/t20-/m0/s1. The smallest absolute Gasteiger partial charge is 0.244 e. The first-order chi connectivity index (χ1) is 14.0. The molecular weight excluding hydrogens is 388 g/mol. The topological polar surface area (TPSA) is 75.7 Å². The molecule has 7 heteroatoms. The van der Waals surface area contributed by atoms with Gasteiger partial charge < -0.3 is 10.1 Å². The van der Waals surface area contributed by atoms with Crippen LogP contribution in [0.3, 0.4) is 0 Å². The molecule has 0 spiro atoms. The summed E-state index contributed by atoms with van der Waals surface area (Å²) in [4.78, 5) is 13.0. The molecule has 1 aliphatic carbocycles. The van der Waals surface area contributed by atoms with Crippen molar-refractivity contribution in [2.24, 2.45) is 0 Å². The van der Waals surface area contributed by atoms with E-state index >= 15 is 0 Å². The highest BCUT2D eigenvalue weighted by atomic mass is 32.2. The average molecular weight is 415 g/mol. The van der Waals surface area contributed by atoms with Crippen molar-refractivity contribution in [1.29, 1.82) is 0 Å². The molecule has 1 heterocycles. The molecule has 0 saturated heterocycles. The van der Waals surface area contributed by atoms with Crippen LogP contribution in [0.25, 0.3) is 0 Å². The van der Waals surface area contributed by atoms with Crippen molar-refractivity contribution < 1.29 is 17.9 Å². The minimum Gasteiger partial charge on any atom is -0.497 e. The number of carbonyl (C=O) groups is 1. The zero-order valence-electron chi connectivity index (χ0n) is 16.5. The number of methoxy groups -OCH3 is 1. The molecule has 6 nitrogen and oxygen atoms in total. The Morgan fingerprint density at radius 2 is 1.79 bits per heavy atom. The Morgan fingerprint density at radius 3 is 2.48 bits per heavy atom. The van der Waals surface area contributed by atoms with Gasteiger partial charge in [0, 0.05) is 19.0 Å². The highest BCUT2D eigenvalue weighted by molar-refractivity contribution is 7.89. The number of nitrogens with one attached hydrogen (secondary N) is 1. The summed E-state index contributed by atoms with van der Waals surface area (Å²) in [5.41, 5.74) is 1.55. The molecule has 29 heavy (non-hydrogen) atoms. The first kappa shape index (κ1) is 19.9. The van der Waals surface area contributed by atoms with E-state index in [2.05, 4.69) is 5.32 Å². The molecule has 1 fully saturated rings. The summed E-state index contributed by atoms with van der Waals surface area (Å²) in [7, 11) is -2.07. The summed E-state index contributed by atoms with van der Waals surface area (Å²) in [5.74, 6) is 0.627. The molecule has 2 aliphatic rings. The largest absolute Gasteiger partial charge is 0.497 e. The number of carbonyl (C=O) groups excluding carboxylic acids is 1. The third kappa shape index (κ3) is 4.02. The van der Waals surface area contributed by atoms with E-state index < -0.39 is 16.1 Å². The van der Waals surface area contributed by atoms with Crippen LogP contribution < -0.4 is 10.1 Å². The van der Waals surface area contributed by atoms with E-state index in [1.165, 1.54) is 4.31 Å². The van der Waals surface area contributed by atoms with Crippen molar-refractivity contribution in [2.75, 3.05) is 7.11 Å². The number of fused-ring (bicyclic) bond motifs is 1. The first-order valence-corrected chi connectivity index (χ1v) is 11.5. The minimum absolute atomic E-state index is 0.0893. The van der Waals surface area contributed by atoms with Gasteiger partial charge in [0.2, 0.25) is 15.9 Å². The monoisotopic (exact) mass is 414 g/mol. The van der Waals surface area contributed by atoms with E-state index in [0.29, 0.717) is 16.2 Å². The molecule has 0 aromatic heterocycles. The van der Waals surface area contributed by atoms with Gasteiger partial charge in [-0.2, -0.15) is 4.31 Å². The van der Waals surface area contributed by atoms with Crippen LogP contribution in [0, 0.1) is 0 Å².